The zero-order chi connectivity index (χ0) is 17.9. The van der Waals surface area contributed by atoms with Crippen LogP contribution in [0.5, 0.6) is 5.75 Å². The van der Waals surface area contributed by atoms with Gasteiger partial charge in [0.2, 0.25) is 0 Å². The van der Waals surface area contributed by atoms with E-state index in [1.54, 1.807) is 0 Å². The van der Waals surface area contributed by atoms with Crippen molar-refractivity contribution >= 4 is 22.5 Å². The number of nitrogens with one attached hydrogen (secondary N) is 1. The Balaban J connectivity index is 1.49. The molecule has 3 heterocycles. The van der Waals surface area contributed by atoms with E-state index in [-0.39, 0.29) is 5.91 Å². The summed E-state index contributed by atoms with van der Waals surface area (Å²) in [5.74, 6) is 0.845. The second-order valence-electron chi connectivity index (χ2n) is 6.29. The summed E-state index contributed by atoms with van der Waals surface area (Å²) in [6.07, 6.45) is 6.78. The fraction of sp³-hybridized carbons (Fsp3) is 0.238. The number of carbonyl (C=O) groups excluding carboxylic acids is 1. The Morgan fingerprint density at radius 2 is 2.12 bits per heavy atom. The second kappa shape index (κ2) is 7.04. The van der Waals surface area contributed by atoms with Gasteiger partial charge in [-0.3, -0.25) is 9.78 Å². The van der Waals surface area contributed by atoms with Gasteiger partial charge in [-0.1, -0.05) is 6.08 Å². The summed E-state index contributed by atoms with van der Waals surface area (Å²) in [7, 11) is 0. The number of rotatable bonds is 4. The minimum absolute atomic E-state index is 0.0559. The van der Waals surface area contributed by atoms with Crippen LogP contribution in [0.2, 0.25) is 0 Å². The molecule has 1 N–H and O–H groups in total. The van der Waals surface area contributed by atoms with E-state index in [1.165, 1.54) is 5.57 Å². The molecule has 0 saturated carbocycles. The smallest absolute Gasteiger partial charge is 0.254 e. The molecule has 2 aromatic heterocycles. The molecule has 26 heavy (non-hydrogen) atoms. The van der Waals surface area contributed by atoms with Gasteiger partial charge in [0.05, 0.1) is 17.6 Å². The number of aromatic amines is 1. The molecule has 0 unspecified atom stereocenters. The Morgan fingerprint density at radius 3 is 2.85 bits per heavy atom. The van der Waals surface area contributed by atoms with Crippen molar-refractivity contribution in [1.82, 2.24) is 14.9 Å². The van der Waals surface area contributed by atoms with Crippen molar-refractivity contribution in [2.75, 3.05) is 19.7 Å². The molecular weight excluding hydrogens is 326 g/mol. The number of carbonyl (C=O) groups is 1. The maximum Gasteiger partial charge on any atom is 0.254 e. The van der Waals surface area contributed by atoms with Crippen molar-refractivity contribution in [2.24, 2.45) is 0 Å². The third kappa shape index (κ3) is 3.08. The van der Waals surface area contributed by atoms with Crippen LogP contribution in [0.4, 0.5) is 0 Å². The van der Waals surface area contributed by atoms with E-state index in [0.717, 1.165) is 28.8 Å². The van der Waals surface area contributed by atoms with Gasteiger partial charge in [0, 0.05) is 36.6 Å². The van der Waals surface area contributed by atoms with Crippen LogP contribution in [0.25, 0.3) is 16.6 Å². The fourth-order valence-corrected chi connectivity index (χ4v) is 3.34. The van der Waals surface area contributed by atoms with Crippen molar-refractivity contribution in [2.45, 2.75) is 13.3 Å². The molecule has 1 aliphatic rings. The van der Waals surface area contributed by atoms with Crippen LogP contribution in [0, 0.1) is 0 Å². The van der Waals surface area contributed by atoms with E-state index in [1.807, 2.05) is 60.6 Å². The van der Waals surface area contributed by atoms with Crippen LogP contribution < -0.4 is 4.74 Å². The van der Waals surface area contributed by atoms with Gasteiger partial charge in [0.15, 0.2) is 0 Å². The highest BCUT2D eigenvalue weighted by Crippen LogP contribution is 2.28. The number of hydrogen-bond donors (Lipinski definition) is 1. The van der Waals surface area contributed by atoms with Gasteiger partial charge in [0.1, 0.15) is 5.75 Å². The molecule has 0 bridgehead atoms. The van der Waals surface area contributed by atoms with Crippen LogP contribution in [0.15, 0.2) is 54.9 Å². The maximum atomic E-state index is 12.7. The lowest BCUT2D eigenvalue weighted by atomic mass is 10.0. The molecule has 0 atom stereocenters. The first kappa shape index (κ1) is 16.4. The lowest BCUT2D eigenvalue weighted by molar-refractivity contribution is 0.0773. The van der Waals surface area contributed by atoms with Crippen LogP contribution in [-0.2, 0) is 0 Å². The monoisotopic (exact) mass is 347 g/mol. The number of aromatic nitrogens is 2. The normalized spacial score (nSPS) is 14.3. The van der Waals surface area contributed by atoms with E-state index in [0.29, 0.717) is 25.3 Å². The summed E-state index contributed by atoms with van der Waals surface area (Å²) in [4.78, 5) is 22.3. The lowest BCUT2D eigenvalue weighted by Gasteiger charge is -2.26. The van der Waals surface area contributed by atoms with Crippen molar-refractivity contribution in [3.63, 3.8) is 0 Å². The lowest BCUT2D eigenvalue weighted by Crippen LogP contribution is -2.34. The van der Waals surface area contributed by atoms with Gasteiger partial charge in [-0.15, -0.1) is 0 Å². The largest absolute Gasteiger partial charge is 0.494 e. The number of ether oxygens (including phenoxy) is 1. The first-order chi connectivity index (χ1) is 12.8. The zero-order valence-electron chi connectivity index (χ0n) is 14.7. The molecule has 5 nitrogen and oxygen atoms in total. The van der Waals surface area contributed by atoms with Crippen LogP contribution in [0.1, 0.15) is 29.3 Å². The molecule has 5 heteroatoms. The first-order valence-electron chi connectivity index (χ1n) is 8.90. The Kier molecular flexibility index (Phi) is 4.44. The van der Waals surface area contributed by atoms with Gasteiger partial charge >= 0.3 is 0 Å². The Bertz CT molecular complexity index is 957. The van der Waals surface area contributed by atoms with E-state index in [4.69, 9.17) is 4.74 Å². The molecule has 0 radical (unpaired) electrons. The summed E-state index contributed by atoms with van der Waals surface area (Å²) < 4.78 is 5.43. The molecular formula is C21H21N3O2. The number of hydrogen-bond acceptors (Lipinski definition) is 3. The average molecular weight is 347 g/mol. The standard InChI is InChI=1S/C21H21N3O2/c1-2-26-17-7-5-16(6-8-17)21(25)24-12-9-15(10-13-24)18-14-23-19-4-3-11-22-20(18)19/h3-9,11,14,23H,2,10,12-13H2,1H3. The van der Waals surface area contributed by atoms with E-state index in [2.05, 4.69) is 16.0 Å². The average Bonchev–Trinajstić information content (AvgIpc) is 3.13. The topological polar surface area (TPSA) is 58.2 Å². The van der Waals surface area contributed by atoms with Crippen molar-refractivity contribution < 1.29 is 9.53 Å². The summed E-state index contributed by atoms with van der Waals surface area (Å²) in [5, 5.41) is 0. The summed E-state index contributed by atoms with van der Waals surface area (Å²) >= 11 is 0. The number of H-pyrrole nitrogens is 1. The van der Waals surface area contributed by atoms with Gasteiger partial charge in [-0.25, -0.2) is 0 Å². The highest BCUT2D eigenvalue weighted by atomic mass is 16.5. The predicted molar refractivity (Wildman–Crippen MR) is 102 cm³/mol. The second-order valence-corrected chi connectivity index (χ2v) is 6.29. The molecule has 3 aromatic rings. The molecule has 4 rings (SSSR count). The molecule has 0 saturated heterocycles. The van der Waals surface area contributed by atoms with Crippen LogP contribution >= 0.6 is 0 Å². The minimum Gasteiger partial charge on any atom is -0.494 e. The predicted octanol–water partition coefficient (Wildman–Crippen LogP) is 3.89. The molecule has 1 amide bonds. The summed E-state index contributed by atoms with van der Waals surface area (Å²) in [6.45, 7) is 3.88. The highest BCUT2D eigenvalue weighted by Gasteiger charge is 2.20. The maximum absolute atomic E-state index is 12.7. The minimum atomic E-state index is 0.0559. The van der Waals surface area contributed by atoms with Crippen molar-refractivity contribution in [3.8, 4) is 5.75 Å². The highest BCUT2D eigenvalue weighted by molar-refractivity contribution is 5.95. The van der Waals surface area contributed by atoms with Gasteiger partial charge in [-0.05, 0) is 55.3 Å². The van der Waals surface area contributed by atoms with Gasteiger partial charge in [-0.2, -0.15) is 0 Å². The van der Waals surface area contributed by atoms with Crippen LogP contribution in [0.3, 0.4) is 0 Å². The molecule has 0 spiro atoms. The SMILES string of the molecule is CCOc1ccc(C(=O)N2CC=C(c3c[nH]c4cccnc34)CC2)cc1. The Labute approximate surface area is 152 Å². The Hall–Kier alpha value is -3.08. The quantitative estimate of drug-likeness (QED) is 0.779. The Morgan fingerprint density at radius 1 is 1.27 bits per heavy atom. The number of benzene rings is 1. The molecule has 0 fully saturated rings. The van der Waals surface area contributed by atoms with E-state index in [9.17, 15) is 4.79 Å². The van der Waals surface area contributed by atoms with Gasteiger partial charge < -0.3 is 14.6 Å². The number of pyridine rings is 1. The third-order valence-corrected chi connectivity index (χ3v) is 4.69. The molecule has 1 aromatic carbocycles. The number of fused-ring (bicyclic) bond motifs is 1. The van der Waals surface area contributed by atoms with Crippen molar-refractivity contribution in [1.29, 1.82) is 0 Å². The van der Waals surface area contributed by atoms with Crippen molar-refractivity contribution in [3.05, 3.63) is 66.0 Å². The summed E-state index contributed by atoms with van der Waals surface area (Å²) in [6, 6.07) is 11.3. The molecule has 0 aliphatic carbocycles. The van der Waals surface area contributed by atoms with E-state index >= 15 is 0 Å². The number of amides is 1. The van der Waals surface area contributed by atoms with E-state index < -0.39 is 0 Å². The first-order valence-corrected chi connectivity index (χ1v) is 8.90. The zero-order valence-corrected chi connectivity index (χ0v) is 14.7. The molecule has 1 aliphatic heterocycles. The fourth-order valence-electron chi connectivity index (χ4n) is 3.34. The summed E-state index contributed by atoms with van der Waals surface area (Å²) in [5.41, 5.74) is 5.10. The van der Waals surface area contributed by atoms with Crippen LogP contribution in [-0.4, -0.2) is 40.5 Å². The number of nitrogens with zero attached hydrogens (tertiary/aromatic N) is 2. The van der Waals surface area contributed by atoms with Gasteiger partial charge in [0.25, 0.3) is 5.91 Å². The molecule has 132 valence electrons. The third-order valence-electron chi connectivity index (χ3n) is 4.69.